The maximum Gasteiger partial charge on any atom is 0.340 e. The number of carbonyl (C=O) groups is 2. The Hall–Kier alpha value is -2.76. The van der Waals surface area contributed by atoms with E-state index in [1.807, 2.05) is 0 Å². The number of pyridine rings is 1. The fourth-order valence-corrected chi connectivity index (χ4v) is 1.87. The minimum atomic E-state index is -1.42. The lowest BCUT2D eigenvalue weighted by molar-refractivity contribution is -0.116. The highest BCUT2D eigenvalue weighted by Gasteiger charge is 2.17. The minimum absolute atomic E-state index is 0.0396. The number of nitrogens with one attached hydrogen (secondary N) is 1. The molecule has 6 heteroatoms. The molecule has 0 aliphatic heterocycles. The van der Waals surface area contributed by atoms with Crippen LogP contribution >= 0.6 is 0 Å². The monoisotopic (exact) mass is 288 g/mol. The third-order valence-corrected chi connectivity index (χ3v) is 2.89. The van der Waals surface area contributed by atoms with Crippen LogP contribution in [0.4, 0.5) is 10.1 Å². The van der Waals surface area contributed by atoms with E-state index in [0.717, 1.165) is 11.6 Å². The van der Waals surface area contributed by atoms with Crippen molar-refractivity contribution in [3.63, 3.8) is 0 Å². The van der Waals surface area contributed by atoms with Crippen molar-refractivity contribution in [2.75, 3.05) is 5.32 Å². The molecule has 0 bridgehead atoms. The van der Waals surface area contributed by atoms with E-state index < -0.39 is 17.3 Å². The van der Waals surface area contributed by atoms with Crippen LogP contribution in [0, 0.1) is 5.82 Å². The lowest BCUT2D eigenvalue weighted by Gasteiger charge is -2.09. The number of rotatable bonds is 5. The smallest absolute Gasteiger partial charge is 0.340 e. The van der Waals surface area contributed by atoms with Crippen LogP contribution < -0.4 is 5.32 Å². The first kappa shape index (κ1) is 14.6. The van der Waals surface area contributed by atoms with Crippen molar-refractivity contribution in [1.29, 1.82) is 0 Å². The zero-order valence-electron chi connectivity index (χ0n) is 11.0. The molecule has 2 aromatic rings. The van der Waals surface area contributed by atoms with Crippen molar-refractivity contribution in [3.8, 4) is 0 Å². The number of aromatic carboxylic acids is 1. The van der Waals surface area contributed by atoms with Crippen LogP contribution in [0.2, 0.25) is 0 Å². The highest BCUT2D eigenvalue weighted by Crippen LogP contribution is 2.19. The van der Waals surface area contributed by atoms with Gasteiger partial charge >= 0.3 is 5.97 Å². The number of nitrogens with zero attached hydrogens (tertiary/aromatic N) is 1. The van der Waals surface area contributed by atoms with Gasteiger partial charge in [0, 0.05) is 18.8 Å². The molecule has 5 nitrogen and oxygen atoms in total. The van der Waals surface area contributed by atoms with Gasteiger partial charge in [-0.2, -0.15) is 0 Å². The molecule has 0 spiro atoms. The van der Waals surface area contributed by atoms with Crippen LogP contribution in [0.25, 0.3) is 0 Å². The molecule has 2 rings (SSSR count). The number of hydrogen-bond donors (Lipinski definition) is 2. The maximum atomic E-state index is 13.5. The number of hydrogen-bond acceptors (Lipinski definition) is 3. The van der Waals surface area contributed by atoms with Gasteiger partial charge in [0.05, 0.1) is 5.69 Å². The van der Waals surface area contributed by atoms with Crippen molar-refractivity contribution in [2.24, 2.45) is 0 Å². The van der Waals surface area contributed by atoms with Crippen molar-refractivity contribution in [3.05, 3.63) is 59.7 Å². The summed E-state index contributed by atoms with van der Waals surface area (Å²) >= 11 is 0. The second-order valence-corrected chi connectivity index (χ2v) is 4.37. The number of carboxylic acid groups (broad SMARTS) is 1. The zero-order chi connectivity index (χ0) is 15.2. The van der Waals surface area contributed by atoms with Crippen LogP contribution in [0.1, 0.15) is 22.3 Å². The van der Waals surface area contributed by atoms with E-state index in [-0.39, 0.29) is 18.0 Å². The van der Waals surface area contributed by atoms with Crippen molar-refractivity contribution < 1.29 is 19.1 Å². The lowest BCUT2D eigenvalue weighted by atomic mass is 10.1. The van der Waals surface area contributed by atoms with Crippen LogP contribution in [0.3, 0.4) is 0 Å². The quantitative estimate of drug-likeness (QED) is 0.886. The van der Waals surface area contributed by atoms with Crippen molar-refractivity contribution >= 4 is 17.6 Å². The standard InChI is InChI=1S/C15H13FN2O3/c16-11-2-1-3-12(14(11)15(20)21)18-13(19)5-4-10-6-8-17-9-7-10/h1-3,6-9H,4-5H2,(H,18,19)(H,20,21). The van der Waals surface area contributed by atoms with Gasteiger partial charge in [-0.15, -0.1) is 0 Å². The molecule has 0 aliphatic rings. The normalized spacial score (nSPS) is 10.1. The first-order valence-corrected chi connectivity index (χ1v) is 6.28. The maximum absolute atomic E-state index is 13.5. The highest BCUT2D eigenvalue weighted by atomic mass is 19.1. The summed E-state index contributed by atoms with van der Waals surface area (Å²) < 4.78 is 13.5. The molecule has 1 heterocycles. The van der Waals surface area contributed by atoms with Crippen LogP contribution in [0.15, 0.2) is 42.7 Å². The molecule has 1 aromatic heterocycles. The summed E-state index contributed by atoms with van der Waals surface area (Å²) in [5.41, 5.74) is 0.370. The third kappa shape index (κ3) is 3.85. The van der Waals surface area contributed by atoms with E-state index in [0.29, 0.717) is 6.42 Å². The summed E-state index contributed by atoms with van der Waals surface area (Å²) in [5.74, 6) is -2.67. The van der Waals surface area contributed by atoms with Gasteiger partial charge < -0.3 is 10.4 Å². The molecule has 0 saturated heterocycles. The van der Waals surface area contributed by atoms with Gasteiger partial charge in [-0.1, -0.05) is 6.07 Å². The molecule has 1 amide bonds. The SMILES string of the molecule is O=C(CCc1ccncc1)Nc1cccc(F)c1C(=O)O. The average Bonchev–Trinajstić information content (AvgIpc) is 2.46. The zero-order valence-corrected chi connectivity index (χ0v) is 11.0. The highest BCUT2D eigenvalue weighted by molar-refractivity contribution is 6.00. The molecule has 2 N–H and O–H groups in total. The molecule has 21 heavy (non-hydrogen) atoms. The third-order valence-electron chi connectivity index (χ3n) is 2.89. The predicted octanol–water partition coefficient (Wildman–Crippen LogP) is 2.49. The van der Waals surface area contributed by atoms with E-state index in [1.165, 1.54) is 12.1 Å². The molecule has 0 radical (unpaired) electrons. The number of carbonyl (C=O) groups excluding carboxylic acids is 1. The summed E-state index contributed by atoms with van der Waals surface area (Å²) in [6, 6.07) is 7.32. The Balaban J connectivity index is 2.03. The average molecular weight is 288 g/mol. The van der Waals surface area contributed by atoms with E-state index >= 15 is 0 Å². The number of amides is 1. The Morgan fingerprint density at radius 3 is 2.57 bits per heavy atom. The second kappa shape index (κ2) is 6.60. The van der Waals surface area contributed by atoms with Gasteiger partial charge in [-0.3, -0.25) is 9.78 Å². The number of benzene rings is 1. The summed E-state index contributed by atoms with van der Waals surface area (Å²) in [6.45, 7) is 0. The minimum Gasteiger partial charge on any atom is -0.478 e. The van der Waals surface area contributed by atoms with Gasteiger partial charge in [0.25, 0.3) is 0 Å². The largest absolute Gasteiger partial charge is 0.478 e. The lowest BCUT2D eigenvalue weighted by Crippen LogP contribution is -2.16. The van der Waals surface area contributed by atoms with Gasteiger partial charge in [-0.05, 0) is 36.2 Å². The first-order valence-electron chi connectivity index (χ1n) is 6.28. The Bertz CT molecular complexity index is 659. The van der Waals surface area contributed by atoms with Crippen LogP contribution in [0.5, 0.6) is 0 Å². The Kier molecular flexibility index (Phi) is 4.61. The van der Waals surface area contributed by atoms with Gasteiger partial charge in [0.1, 0.15) is 11.4 Å². The number of carboxylic acids is 1. The van der Waals surface area contributed by atoms with Crippen LogP contribution in [-0.4, -0.2) is 22.0 Å². The fraction of sp³-hybridized carbons (Fsp3) is 0.133. The molecule has 0 atom stereocenters. The summed E-state index contributed by atoms with van der Waals surface area (Å²) in [4.78, 5) is 26.7. The molecular weight excluding hydrogens is 275 g/mol. The Labute approximate surface area is 120 Å². The van der Waals surface area contributed by atoms with E-state index in [2.05, 4.69) is 10.3 Å². The van der Waals surface area contributed by atoms with E-state index in [9.17, 15) is 14.0 Å². The molecule has 0 aliphatic carbocycles. The van der Waals surface area contributed by atoms with Gasteiger partial charge in [0.15, 0.2) is 0 Å². The van der Waals surface area contributed by atoms with Crippen molar-refractivity contribution in [1.82, 2.24) is 4.98 Å². The summed E-state index contributed by atoms with van der Waals surface area (Å²) in [5, 5.41) is 11.4. The Morgan fingerprint density at radius 1 is 1.19 bits per heavy atom. The molecule has 0 saturated carbocycles. The number of aryl methyl sites for hydroxylation is 1. The second-order valence-electron chi connectivity index (χ2n) is 4.37. The topological polar surface area (TPSA) is 79.3 Å². The predicted molar refractivity (Wildman–Crippen MR) is 74.5 cm³/mol. The molecule has 108 valence electrons. The van der Waals surface area contributed by atoms with Crippen molar-refractivity contribution in [2.45, 2.75) is 12.8 Å². The van der Waals surface area contributed by atoms with Crippen LogP contribution in [-0.2, 0) is 11.2 Å². The summed E-state index contributed by atoms with van der Waals surface area (Å²) in [7, 11) is 0. The van der Waals surface area contributed by atoms with E-state index in [4.69, 9.17) is 5.11 Å². The van der Waals surface area contributed by atoms with Gasteiger partial charge in [-0.25, -0.2) is 9.18 Å². The van der Waals surface area contributed by atoms with E-state index in [1.54, 1.807) is 24.5 Å². The molecule has 0 fully saturated rings. The number of anilines is 1. The fourth-order valence-electron chi connectivity index (χ4n) is 1.87. The summed E-state index contributed by atoms with van der Waals surface area (Å²) in [6.07, 6.45) is 3.91. The van der Waals surface area contributed by atoms with Gasteiger partial charge in [0.2, 0.25) is 5.91 Å². The molecular formula is C15H13FN2O3. The molecule has 0 unspecified atom stereocenters. The number of aromatic nitrogens is 1. The Morgan fingerprint density at radius 2 is 1.90 bits per heavy atom. The first-order chi connectivity index (χ1) is 10.1. The molecule has 1 aromatic carbocycles. The number of halogens is 1.